The van der Waals surface area contributed by atoms with E-state index in [0.29, 0.717) is 23.4 Å². The molecule has 0 aliphatic carbocycles. The van der Waals surface area contributed by atoms with Crippen molar-refractivity contribution in [1.82, 2.24) is 0 Å². The van der Waals surface area contributed by atoms with Gasteiger partial charge in [-0.05, 0) is 37.1 Å². The van der Waals surface area contributed by atoms with E-state index in [2.05, 4.69) is 5.32 Å². The van der Waals surface area contributed by atoms with Crippen molar-refractivity contribution >= 4 is 17.3 Å². The van der Waals surface area contributed by atoms with Gasteiger partial charge in [-0.1, -0.05) is 25.1 Å². The van der Waals surface area contributed by atoms with Crippen LogP contribution >= 0.6 is 0 Å². The van der Waals surface area contributed by atoms with Crippen molar-refractivity contribution in [2.45, 2.75) is 26.4 Å². The van der Waals surface area contributed by atoms with E-state index in [1.807, 2.05) is 25.1 Å². The minimum Gasteiger partial charge on any atom is -0.481 e. The predicted molar refractivity (Wildman–Crippen MR) is 87.6 cm³/mol. The van der Waals surface area contributed by atoms with Crippen LogP contribution in [0.3, 0.4) is 0 Å². The van der Waals surface area contributed by atoms with Crippen LogP contribution in [-0.2, 0) is 4.79 Å². The van der Waals surface area contributed by atoms with Gasteiger partial charge in [0.15, 0.2) is 6.10 Å². The third-order valence-corrected chi connectivity index (χ3v) is 3.36. The molecule has 0 bridgehead atoms. The number of nitrogens with one attached hydrogen (secondary N) is 1. The Balaban J connectivity index is 2.09. The highest BCUT2D eigenvalue weighted by molar-refractivity contribution is 5.95. The first-order chi connectivity index (χ1) is 11.0. The number of amides is 1. The average Bonchev–Trinajstić information content (AvgIpc) is 2.55. The molecule has 0 saturated carbocycles. The zero-order chi connectivity index (χ0) is 16.8. The molecule has 1 unspecified atom stereocenters. The van der Waals surface area contributed by atoms with Crippen LogP contribution in [0.1, 0.15) is 18.9 Å². The summed E-state index contributed by atoms with van der Waals surface area (Å²) in [5, 5.41) is 13.5. The second-order valence-corrected chi connectivity index (χ2v) is 5.07. The van der Waals surface area contributed by atoms with E-state index < -0.39 is 11.0 Å². The van der Waals surface area contributed by atoms with Gasteiger partial charge in [0.2, 0.25) is 0 Å². The minimum atomic E-state index is -0.632. The van der Waals surface area contributed by atoms with Gasteiger partial charge < -0.3 is 10.1 Å². The fraction of sp³-hybridized carbons (Fsp3) is 0.235. The van der Waals surface area contributed by atoms with Gasteiger partial charge >= 0.3 is 0 Å². The van der Waals surface area contributed by atoms with Gasteiger partial charge in [0.25, 0.3) is 11.6 Å². The molecule has 0 aromatic heterocycles. The highest BCUT2D eigenvalue weighted by atomic mass is 16.6. The highest BCUT2D eigenvalue weighted by Crippen LogP contribution is 2.22. The molecular weight excluding hydrogens is 296 g/mol. The second kappa shape index (κ2) is 7.40. The van der Waals surface area contributed by atoms with Crippen molar-refractivity contribution in [3.63, 3.8) is 0 Å². The molecule has 6 nitrogen and oxygen atoms in total. The van der Waals surface area contributed by atoms with Gasteiger partial charge in [-0.3, -0.25) is 14.9 Å². The Kier molecular flexibility index (Phi) is 5.30. The standard InChI is InChI=1S/C17H18N2O4/c1-3-16(23-14-7-5-4-6-8-14)17(20)18-15-10-9-13(19(21)22)11-12(15)2/h4-11,16H,3H2,1-2H3,(H,18,20). The number of hydrogen-bond donors (Lipinski definition) is 1. The van der Waals surface area contributed by atoms with Crippen molar-refractivity contribution in [2.75, 3.05) is 5.32 Å². The number of benzene rings is 2. The molecule has 1 N–H and O–H groups in total. The molecule has 2 rings (SSSR count). The topological polar surface area (TPSA) is 81.5 Å². The van der Waals surface area contributed by atoms with Crippen molar-refractivity contribution in [1.29, 1.82) is 0 Å². The number of carbonyl (C=O) groups is 1. The molecule has 0 radical (unpaired) electrons. The summed E-state index contributed by atoms with van der Waals surface area (Å²) in [5.74, 6) is 0.336. The molecule has 0 aliphatic rings. The number of anilines is 1. The highest BCUT2D eigenvalue weighted by Gasteiger charge is 2.19. The molecule has 0 saturated heterocycles. The van der Waals surface area contributed by atoms with Gasteiger partial charge in [-0.15, -0.1) is 0 Å². The maximum absolute atomic E-state index is 12.3. The molecular formula is C17H18N2O4. The first kappa shape index (κ1) is 16.5. The Labute approximate surface area is 134 Å². The number of nitro benzene ring substituents is 1. The Morgan fingerprint density at radius 2 is 1.96 bits per heavy atom. The molecule has 0 spiro atoms. The van der Waals surface area contributed by atoms with Crippen LogP contribution in [0, 0.1) is 17.0 Å². The van der Waals surface area contributed by atoms with Crippen LogP contribution < -0.4 is 10.1 Å². The van der Waals surface area contributed by atoms with Crippen molar-refractivity contribution < 1.29 is 14.5 Å². The van der Waals surface area contributed by atoms with Crippen molar-refractivity contribution in [3.05, 3.63) is 64.2 Å². The molecule has 23 heavy (non-hydrogen) atoms. The van der Waals surface area contributed by atoms with E-state index in [1.165, 1.54) is 18.2 Å². The number of hydrogen-bond acceptors (Lipinski definition) is 4. The normalized spacial score (nSPS) is 11.6. The number of aryl methyl sites for hydroxylation is 1. The minimum absolute atomic E-state index is 0.00641. The summed E-state index contributed by atoms with van der Waals surface area (Å²) in [6.45, 7) is 3.57. The van der Waals surface area contributed by atoms with Crippen LogP contribution in [0.2, 0.25) is 0 Å². The largest absolute Gasteiger partial charge is 0.481 e. The Hall–Kier alpha value is -2.89. The van der Waals surface area contributed by atoms with Crippen LogP contribution in [0.25, 0.3) is 0 Å². The molecule has 2 aromatic rings. The van der Waals surface area contributed by atoms with Crippen LogP contribution in [-0.4, -0.2) is 16.9 Å². The van der Waals surface area contributed by atoms with E-state index in [4.69, 9.17) is 4.74 Å². The number of carbonyl (C=O) groups excluding carboxylic acids is 1. The average molecular weight is 314 g/mol. The lowest BCUT2D eigenvalue weighted by Gasteiger charge is -2.18. The zero-order valence-electron chi connectivity index (χ0n) is 13.0. The summed E-state index contributed by atoms with van der Waals surface area (Å²) < 4.78 is 5.68. The summed E-state index contributed by atoms with van der Waals surface area (Å²) in [7, 11) is 0. The first-order valence-electron chi connectivity index (χ1n) is 7.29. The van der Waals surface area contributed by atoms with Crippen LogP contribution in [0.15, 0.2) is 48.5 Å². The summed E-state index contributed by atoms with van der Waals surface area (Å²) in [4.78, 5) is 22.6. The number of nitro groups is 1. The van der Waals surface area contributed by atoms with Gasteiger partial charge in [0, 0.05) is 17.8 Å². The molecule has 0 aliphatic heterocycles. The number of ether oxygens (including phenoxy) is 1. The van der Waals surface area contributed by atoms with E-state index in [9.17, 15) is 14.9 Å². The van der Waals surface area contributed by atoms with Gasteiger partial charge in [0.1, 0.15) is 5.75 Å². The van der Waals surface area contributed by atoms with E-state index >= 15 is 0 Å². The van der Waals surface area contributed by atoms with Crippen LogP contribution in [0.4, 0.5) is 11.4 Å². The number of nitrogens with zero attached hydrogens (tertiary/aromatic N) is 1. The maximum atomic E-state index is 12.3. The monoisotopic (exact) mass is 314 g/mol. The lowest BCUT2D eigenvalue weighted by atomic mass is 10.1. The Morgan fingerprint density at radius 1 is 1.26 bits per heavy atom. The molecule has 1 atom stereocenters. The third-order valence-electron chi connectivity index (χ3n) is 3.36. The zero-order valence-corrected chi connectivity index (χ0v) is 13.0. The smallest absolute Gasteiger partial charge is 0.269 e. The van der Waals surface area contributed by atoms with Gasteiger partial charge in [-0.25, -0.2) is 0 Å². The van der Waals surface area contributed by atoms with E-state index in [0.717, 1.165) is 0 Å². The maximum Gasteiger partial charge on any atom is 0.269 e. The summed E-state index contributed by atoms with van der Waals surface area (Å²) in [5.41, 5.74) is 1.16. The Bertz CT molecular complexity index is 701. The van der Waals surface area contributed by atoms with E-state index in [-0.39, 0.29) is 11.6 Å². The lowest BCUT2D eigenvalue weighted by molar-refractivity contribution is -0.384. The van der Waals surface area contributed by atoms with E-state index in [1.54, 1.807) is 19.1 Å². The quantitative estimate of drug-likeness (QED) is 0.651. The number of rotatable bonds is 6. The van der Waals surface area contributed by atoms with Gasteiger partial charge in [0.05, 0.1) is 4.92 Å². The fourth-order valence-corrected chi connectivity index (χ4v) is 2.10. The molecule has 1 amide bonds. The fourth-order valence-electron chi connectivity index (χ4n) is 2.10. The summed E-state index contributed by atoms with van der Waals surface area (Å²) in [6.07, 6.45) is -0.126. The summed E-state index contributed by atoms with van der Waals surface area (Å²) >= 11 is 0. The van der Waals surface area contributed by atoms with Crippen molar-refractivity contribution in [3.8, 4) is 5.75 Å². The molecule has 0 fully saturated rings. The Morgan fingerprint density at radius 3 is 2.52 bits per heavy atom. The SMILES string of the molecule is CCC(Oc1ccccc1)C(=O)Nc1ccc([N+](=O)[O-])cc1C. The molecule has 0 heterocycles. The third kappa shape index (κ3) is 4.29. The molecule has 6 heteroatoms. The van der Waals surface area contributed by atoms with Gasteiger partial charge in [-0.2, -0.15) is 0 Å². The first-order valence-corrected chi connectivity index (χ1v) is 7.29. The summed E-state index contributed by atoms with van der Waals surface area (Å²) in [6, 6.07) is 13.4. The number of non-ortho nitro benzene ring substituents is 1. The lowest BCUT2D eigenvalue weighted by Crippen LogP contribution is -2.32. The second-order valence-electron chi connectivity index (χ2n) is 5.07. The number of para-hydroxylation sites is 1. The van der Waals surface area contributed by atoms with Crippen LogP contribution in [0.5, 0.6) is 5.75 Å². The molecule has 2 aromatic carbocycles. The van der Waals surface area contributed by atoms with Crippen molar-refractivity contribution in [2.24, 2.45) is 0 Å². The molecule has 120 valence electrons. The predicted octanol–water partition coefficient (Wildman–Crippen LogP) is 3.70.